The van der Waals surface area contributed by atoms with Crippen LogP contribution >= 0.6 is 0 Å². The van der Waals surface area contributed by atoms with Gasteiger partial charge in [-0.1, -0.05) is 43.3 Å². The number of rotatable bonds is 5. The van der Waals surface area contributed by atoms with Crippen LogP contribution in [0.2, 0.25) is 0 Å². The van der Waals surface area contributed by atoms with Crippen LogP contribution in [0.3, 0.4) is 0 Å². The minimum atomic E-state index is -1.45. The molecule has 2 aromatic rings. The van der Waals surface area contributed by atoms with Crippen LogP contribution in [0.4, 0.5) is 0 Å². The second kappa shape index (κ2) is 6.45. The van der Waals surface area contributed by atoms with E-state index in [1.54, 1.807) is 43.3 Å². The van der Waals surface area contributed by atoms with E-state index >= 15 is 0 Å². The number of hydrogen-bond acceptors (Lipinski definition) is 3. The molecule has 1 atom stereocenters. The van der Waals surface area contributed by atoms with E-state index in [2.05, 4.69) is 5.32 Å². The molecule has 0 saturated heterocycles. The van der Waals surface area contributed by atoms with E-state index in [9.17, 15) is 14.7 Å². The molecule has 5 heteroatoms. The molecule has 0 radical (unpaired) electrons. The van der Waals surface area contributed by atoms with Gasteiger partial charge in [0, 0.05) is 5.56 Å². The fourth-order valence-electron chi connectivity index (χ4n) is 2.99. The van der Waals surface area contributed by atoms with E-state index in [-0.39, 0.29) is 6.42 Å². The van der Waals surface area contributed by atoms with Gasteiger partial charge in [0.15, 0.2) is 5.54 Å². The molecule has 0 spiro atoms. The van der Waals surface area contributed by atoms with E-state index in [0.29, 0.717) is 24.3 Å². The molecule has 1 aliphatic rings. The molecule has 2 aromatic carbocycles. The summed E-state index contributed by atoms with van der Waals surface area (Å²) in [5, 5.41) is 12.5. The highest BCUT2D eigenvalue weighted by atomic mass is 16.5. The lowest BCUT2D eigenvalue weighted by molar-refractivity contribution is -0.145. The average Bonchev–Trinajstić information content (AvgIpc) is 3.07. The Morgan fingerprint density at radius 2 is 1.83 bits per heavy atom. The first-order chi connectivity index (χ1) is 11.6. The largest absolute Gasteiger partial charge is 0.479 e. The summed E-state index contributed by atoms with van der Waals surface area (Å²) in [5.74, 6) is -1.48. The first-order valence-electron chi connectivity index (χ1n) is 7.88. The fourth-order valence-corrected chi connectivity index (χ4v) is 2.99. The monoisotopic (exact) mass is 325 g/mol. The Morgan fingerprint density at radius 3 is 2.50 bits per heavy atom. The summed E-state index contributed by atoms with van der Waals surface area (Å²) < 4.78 is 5.35. The lowest BCUT2D eigenvalue weighted by atomic mass is 9.86. The Balaban J connectivity index is 1.93. The van der Waals surface area contributed by atoms with Gasteiger partial charge in [-0.15, -0.1) is 0 Å². The highest BCUT2D eigenvalue weighted by Gasteiger charge is 2.40. The Morgan fingerprint density at radius 1 is 1.12 bits per heavy atom. The van der Waals surface area contributed by atoms with Crippen molar-refractivity contribution in [3.05, 3.63) is 70.8 Å². The minimum Gasteiger partial charge on any atom is -0.479 e. The third-order valence-electron chi connectivity index (χ3n) is 4.47. The standard InChI is InChI=1S/C19H19NO4/c1-2-19(18(22)23,16-6-4-3-5-7-16)20-17(21)13-8-9-14-11-24-12-15(14)10-13/h3-10H,2,11-12H2,1H3,(H,20,21)(H,22,23). The van der Waals surface area contributed by atoms with Crippen LogP contribution in [0.1, 0.15) is 40.4 Å². The maximum atomic E-state index is 12.7. The number of fused-ring (bicyclic) bond motifs is 1. The minimum absolute atomic E-state index is 0.242. The van der Waals surface area contributed by atoms with Crippen LogP contribution in [0, 0.1) is 0 Å². The molecule has 0 saturated carbocycles. The lowest BCUT2D eigenvalue weighted by Crippen LogP contribution is -2.51. The number of nitrogens with one attached hydrogen (secondary N) is 1. The third kappa shape index (κ3) is 2.78. The molecule has 24 heavy (non-hydrogen) atoms. The number of carboxylic acids is 1. The van der Waals surface area contributed by atoms with Crippen LogP contribution < -0.4 is 5.32 Å². The molecule has 124 valence electrons. The van der Waals surface area contributed by atoms with Gasteiger partial charge >= 0.3 is 5.97 Å². The second-order valence-electron chi connectivity index (χ2n) is 5.86. The van der Waals surface area contributed by atoms with Crippen molar-refractivity contribution in [2.75, 3.05) is 0 Å². The second-order valence-corrected chi connectivity index (χ2v) is 5.86. The molecular weight excluding hydrogens is 306 g/mol. The topological polar surface area (TPSA) is 75.6 Å². The molecule has 5 nitrogen and oxygen atoms in total. The normalized spacial score (nSPS) is 15.4. The van der Waals surface area contributed by atoms with Gasteiger partial charge < -0.3 is 15.2 Å². The molecule has 3 rings (SSSR count). The van der Waals surface area contributed by atoms with Crippen LogP contribution in [-0.4, -0.2) is 17.0 Å². The molecule has 0 aliphatic carbocycles. The molecule has 0 aromatic heterocycles. The van der Waals surface area contributed by atoms with Crippen molar-refractivity contribution in [3.63, 3.8) is 0 Å². The highest BCUT2D eigenvalue weighted by molar-refractivity contribution is 5.98. The van der Waals surface area contributed by atoms with E-state index < -0.39 is 17.4 Å². The first-order valence-corrected chi connectivity index (χ1v) is 7.88. The number of carbonyl (C=O) groups excluding carboxylic acids is 1. The number of ether oxygens (including phenoxy) is 1. The van der Waals surface area contributed by atoms with Crippen LogP contribution in [0.25, 0.3) is 0 Å². The Bertz CT molecular complexity index is 772. The zero-order valence-electron chi connectivity index (χ0n) is 13.4. The summed E-state index contributed by atoms with van der Waals surface area (Å²) >= 11 is 0. The van der Waals surface area contributed by atoms with Gasteiger partial charge in [0.25, 0.3) is 5.91 Å². The average molecular weight is 325 g/mol. The number of hydrogen-bond donors (Lipinski definition) is 2. The van der Waals surface area contributed by atoms with Crippen molar-refractivity contribution in [1.82, 2.24) is 5.32 Å². The number of carboxylic acid groups (broad SMARTS) is 1. The zero-order chi connectivity index (χ0) is 17.2. The molecular formula is C19H19NO4. The smallest absolute Gasteiger partial charge is 0.334 e. The molecule has 1 unspecified atom stereocenters. The molecule has 1 heterocycles. The quantitative estimate of drug-likeness (QED) is 0.886. The van der Waals surface area contributed by atoms with Gasteiger partial charge in [0.2, 0.25) is 0 Å². The van der Waals surface area contributed by atoms with Crippen molar-refractivity contribution in [1.29, 1.82) is 0 Å². The fraction of sp³-hybridized carbons (Fsp3) is 0.263. The van der Waals surface area contributed by atoms with Crippen LogP contribution in [-0.2, 0) is 28.3 Å². The van der Waals surface area contributed by atoms with Crippen molar-refractivity contribution in [2.24, 2.45) is 0 Å². The van der Waals surface area contributed by atoms with Gasteiger partial charge in [0.05, 0.1) is 13.2 Å². The van der Waals surface area contributed by atoms with Crippen LogP contribution in [0.5, 0.6) is 0 Å². The van der Waals surface area contributed by atoms with Gasteiger partial charge in [-0.2, -0.15) is 0 Å². The van der Waals surface area contributed by atoms with Gasteiger partial charge in [0.1, 0.15) is 0 Å². The molecule has 1 amide bonds. The van der Waals surface area contributed by atoms with Crippen molar-refractivity contribution >= 4 is 11.9 Å². The zero-order valence-corrected chi connectivity index (χ0v) is 13.4. The molecule has 0 fully saturated rings. The number of carbonyl (C=O) groups is 2. The summed E-state index contributed by atoms with van der Waals surface area (Å²) in [6.45, 7) is 2.78. The molecule has 2 N–H and O–H groups in total. The van der Waals surface area contributed by atoms with Gasteiger partial charge in [-0.3, -0.25) is 4.79 Å². The summed E-state index contributed by atoms with van der Waals surface area (Å²) in [6, 6.07) is 14.1. The predicted molar refractivity (Wildman–Crippen MR) is 88.4 cm³/mol. The predicted octanol–water partition coefficient (Wildman–Crippen LogP) is 2.84. The Labute approximate surface area is 140 Å². The third-order valence-corrected chi connectivity index (χ3v) is 4.47. The summed E-state index contributed by atoms with van der Waals surface area (Å²) in [4.78, 5) is 24.7. The lowest BCUT2D eigenvalue weighted by Gasteiger charge is -2.30. The van der Waals surface area contributed by atoms with E-state index in [4.69, 9.17) is 4.74 Å². The molecule has 1 aliphatic heterocycles. The van der Waals surface area contributed by atoms with Crippen molar-refractivity contribution in [2.45, 2.75) is 32.1 Å². The van der Waals surface area contributed by atoms with Crippen LogP contribution in [0.15, 0.2) is 48.5 Å². The van der Waals surface area contributed by atoms with Crippen molar-refractivity contribution in [3.8, 4) is 0 Å². The number of benzene rings is 2. The van der Waals surface area contributed by atoms with E-state index in [1.807, 2.05) is 12.1 Å². The highest BCUT2D eigenvalue weighted by Crippen LogP contribution is 2.27. The maximum Gasteiger partial charge on any atom is 0.334 e. The van der Waals surface area contributed by atoms with Gasteiger partial charge in [-0.25, -0.2) is 4.79 Å². The summed E-state index contributed by atoms with van der Waals surface area (Å²) in [5.41, 5.74) is 1.58. The Kier molecular flexibility index (Phi) is 4.36. The number of aliphatic carboxylic acids is 1. The van der Waals surface area contributed by atoms with Gasteiger partial charge in [-0.05, 0) is 35.2 Å². The number of amides is 1. The summed E-state index contributed by atoms with van der Waals surface area (Å²) in [7, 11) is 0. The molecule has 0 bridgehead atoms. The maximum absolute atomic E-state index is 12.7. The van der Waals surface area contributed by atoms with E-state index in [0.717, 1.165) is 11.1 Å². The SMILES string of the molecule is CCC(NC(=O)c1ccc2c(c1)COC2)(C(=O)O)c1ccccc1. The van der Waals surface area contributed by atoms with Crippen molar-refractivity contribution < 1.29 is 19.4 Å². The Hall–Kier alpha value is -2.66. The summed E-state index contributed by atoms with van der Waals surface area (Å²) in [6.07, 6.45) is 0.242. The van der Waals surface area contributed by atoms with E-state index in [1.165, 1.54) is 0 Å². The first kappa shape index (κ1) is 16.2.